The Morgan fingerprint density at radius 3 is 1.72 bits per heavy atom. The molecule has 0 atom stereocenters. The minimum Gasteiger partial charge on any atom is -0.445 e. The van der Waals surface area contributed by atoms with Gasteiger partial charge in [0.1, 0.15) is 0 Å². The van der Waals surface area contributed by atoms with Crippen molar-refractivity contribution in [2.75, 3.05) is 7.11 Å². The van der Waals surface area contributed by atoms with Crippen molar-refractivity contribution in [2.24, 2.45) is 0 Å². The summed E-state index contributed by atoms with van der Waals surface area (Å²) in [5.74, 6) is -4.71. The summed E-state index contributed by atoms with van der Waals surface area (Å²) >= 11 is 0. The van der Waals surface area contributed by atoms with Crippen LogP contribution in [0.4, 0.5) is 30.5 Å². The van der Waals surface area contributed by atoms with Crippen LogP contribution in [-0.2, 0) is 10.7 Å². The molecule has 9 heteroatoms. The van der Waals surface area contributed by atoms with Crippen LogP contribution in [0.1, 0.15) is 5.56 Å². The van der Waals surface area contributed by atoms with Crippen LogP contribution in [0.5, 0.6) is 0 Å². The molecular weight excluding hydrogens is 268 g/mol. The first-order chi connectivity index (χ1) is 8.02. The van der Waals surface area contributed by atoms with Crippen molar-refractivity contribution in [1.29, 1.82) is 0 Å². The predicted molar refractivity (Wildman–Crippen MR) is 51.0 cm³/mol. The maximum Gasteiger partial charge on any atom is 0.509 e. The SMILES string of the molecule is COC(F)(F)C(F)(F)c1ccc([B-](F)(F)F)cc1. The lowest BCUT2D eigenvalue weighted by atomic mass is 9.79. The van der Waals surface area contributed by atoms with E-state index in [0.29, 0.717) is 31.4 Å². The molecule has 1 aromatic carbocycles. The van der Waals surface area contributed by atoms with Gasteiger partial charge in [0, 0.05) is 12.7 Å². The second kappa shape index (κ2) is 4.45. The summed E-state index contributed by atoms with van der Waals surface area (Å²) in [5, 5.41) is 0. The van der Waals surface area contributed by atoms with E-state index in [4.69, 9.17) is 0 Å². The number of benzene rings is 1. The summed E-state index contributed by atoms with van der Waals surface area (Å²) in [5.41, 5.74) is -2.39. The van der Waals surface area contributed by atoms with E-state index in [1.54, 1.807) is 0 Å². The standard InChI is InChI=1S/C9H7BF7O/c1-18-9(13,14)8(11,12)6-2-4-7(5-3-6)10(15,16)17/h2-5H,1H3/q-1. The molecule has 102 valence electrons. The summed E-state index contributed by atoms with van der Waals surface area (Å²) in [6.45, 7) is -5.36. The molecule has 0 unspecified atom stereocenters. The van der Waals surface area contributed by atoms with Gasteiger partial charge in [-0.1, -0.05) is 24.3 Å². The number of methoxy groups -OCH3 is 1. The Labute approximate surface area is 97.6 Å². The molecule has 0 aromatic heterocycles. The van der Waals surface area contributed by atoms with Crippen LogP contribution in [0.3, 0.4) is 0 Å². The van der Waals surface area contributed by atoms with Crippen LogP contribution >= 0.6 is 0 Å². The quantitative estimate of drug-likeness (QED) is 0.606. The van der Waals surface area contributed by atoms with E-state index in [2.05, 4.69) is 4.74 Å². The fourth-order valence-corrected chi connectivity index (χ4v) is 1.21. The fraction of sp³-hybridized carbons (Fsp3) is 0.333. The maximum absolute atomic E-state index is 13.2. The number of hydrogen-bond acceptors (Lipinski definition) is 1. The van der Waals surface area contributed by atoms with Gasteiger partial charge in [-0.15, -0.1) is 5.46 Å². The molecule has 0 aliphatic rings. The molecule has 0 saturated carbocycles. The monoisotopic (exact) mass is 275 g/mol. The highest BCUT2D eigenvalue weighted by molar-refractivity contribution is 6.73. The minimum atomic E-state index is -5.36. The van der Waals surface area contributed by atoms with E-state index >= 15 is 0 Å². The molecule has 0 saturated heterocycles. The Bertz CT molecular complexity index is 412. The number of halogens is 7. The van der Waals surface area contributed by atoms with Gasteiger partial charge < -0.3 is 17.7 Å². The molecule has 1 aromatic rings. The average Bonchev–Trinajstić information content (AvgIpc) is 2.27. The zero-order valence-corrected chi connectivity index (χ0v) is 8.94. The summed E-state index contributed by atoms with van der Waals surface area (Å²) in [6, 6.07) is 1.26. The van der Waals surface area contributed by atoms with Crippen molar-refractivity contribution in [3.05, 3.63) is 29.8 Å². The van der Waals surface area contributed by atoms with Crippen molar-refractivity contribution in [1.82, 2.24) is 0 Å². The molecule has 0 amide bonds. The van der Waals surface area contributed by atoms with Gasteiger partial charge >= 0.3 is 19.0 Å². The largest absolute Gasteiger partial charge is 0.509 e. The Morgan fingerprint density at radius 2 is 1.39 bits per heavy atom. The third-order valence-electron chi connectivity index (χ3n) is 2.27. The molecule has 1 rings (SSSR count). The molecule has 0 aliphatic heterocycles. The predicted octanol–water partition coefficient (Wildman–Crippen LogP) is 3.07. The summed E-state index contributed by atoms with van der Waals surface area (Å²) < 4.78 is 92.0. The van der Waals surface area contributed by atoms with Crippen LogP contribution in [0.25, 0.3) is 0 Å². The topological polar surface area (TPSA) is 9.23 Å². The smallest absolute Gasteiger partial charge is 0.445 e. The summed E-state index contributed by atoms with van der Waals surface area (Å²) in [7, 11) is 0.376. The molecule has 0 fully saturated rings. The average molecular weight is 275 g/mol. The maximum atomic E-state index is 13.2. The Morgan fingerprint density at radius 1 is 0.944 bits per heavy atom. The first kappa shape index (κ1) is 14.8. The molecule has 1 nitrogen and oxygen atoms in total. The highest BCUT2D eigenvalue weighted by atomic mass is 19.4. The Hall–Kier alpha value is -1.25. The van der Waals surface area contributed by atoms with Crippen molar-refractivity contribution in [2.45, 2.75) is 12.0 Å². The van der Waals surface area contributed by atoms with Gasteiger partial charge in [-0.2, -0.15) is 17.6 Å². The van der Waals surface area contributed by atoms with Crippen molar-refractivity contribution in [3.63, 3.8) is 0 Å². The van der Waals surface area contributed by atoms with E-state index in [1.807, 2.05) is 0 Å². The lowest BCUT2D eigenvalue weighted by molar-refractivity contribution is -0.344. The highest BCUT2D eigenvalue weighted by Crippen LogP contribution is 2.42. The Balaban J connectivity index is 3.13. The third-order valence-corrected chi connectivity index (χ3v) is 2.27. The van der Waals surface area contributed by atoms with Gasteiger partial charge in [-0.3, -0.25) is 0 Å². The number of hydrogen-bond donors (Lipinski definition) is 0. The van der Waals surface area contributed by atoms with Gasteiger partial charge in [-0.25, -0.2) is 0 Å². The van der Waals surface area contributed by atoms with Crippen LogP contribution in [0.2, 0.25) is 0 Å². The molecule has 0 heterocycles. The molecule has 0 radical (unpaired) electrons. The Kier molecular flexibility index (Phi) is 3.66. The highest BCUT2D eigenvalue weighted by Gasteiger charge is 2.58. The van der Waals surface area contributed by atoms with Gasteiger partial charge in [0.2, 0.25) is 0 Å². The first-order valence-electron chi connectivity index (χ1n) is 4.63. The van der Waals surface area contributed by atoms with E-state index in [1.165, 1.54) is 0 Å². The van der Waals surface area contributed by atoms with Gasteiger partial charge in [0.25, 0.3) is 0 Å². The third kappa shape index (κ3) is 2.60. The minimum absolute atomic E-state index is 0.303. The van der Waals surface area contributed by atoms with Crippen molar-refractivity contribution < 1.29 is 35.2 Å². The summed E-state index contributed by atoms with van der Waals surface area (Å²) in [4.78, 5) is 0. The van der Waals surface area contributed by atoms with Gasteiger partial charge in [0.05, 0.1) is 0 Å². The second-order valence-corrected chi connectivity index (χ2v) is 3.49. The van der Waals surface area contributed by atoms with E-state index in [-0.39, 0.29) is 0 Å². The van der Waals surface area contributed by atoms with Gasteiger partial charge in [-0.05, 0) is 0 Å². The van der Waals surface area contributed by atoms with E-state index in [0.717, 1.165) is 0 Å². The molecule has 18 heavy (non-hydrogen) atoms. The normalized spacial score (nSPS) is 13.8. The lowest BCUT2D eigenvalue weighted by Gasteiger charge is -2.25. The second-order valence-electron chi connectivity index (χ2n) is 3.49. The lowest BCUT2D eigenvalue weighted by Crippen LogP contribution is -2.40. The van der Waals surface area contributed by atoms with Crippen LogP contribution in [0.15, 0.2) is 24.3 Å². The molecule has 0 spiro atoms. The number of rotatable bonds is 4. The number of ether oxygens (including phenoxy) is 1. The van der Waals surface area contributed by atoms with Crippen LogP contribution in [0, 0.1) is 0 Å². The van der Waals surface area contributed by atoms with E-state index in [9.17, 15) is 30.5 Å². The van der Waals surface area contributed by atoms with Gasteiger partial charge in [0.15, 0.2) is 0 Å². The first-order valence-corrected chi connectivity index (χ1v) is 4.63. The van der Waals surface area contributed by atoms with Crippen molar-refractivity contribution in [3.8, 4) is 0 Å². The van der Waals surface area contributed by atoms with Crippen LogP contribution < -0.4 is 5.46 Å². The zero-order chi connectivity index (χ0) is 14.2. The van der Waals surface area contributed by atoms with Crippen LogP contribution in [-0.4, -0.2) is 20.2 Å². The molecule has 0 N–H and O–H groups in total. The number of alkyl halides is 4. The molecule has 0 aliphatic carbocycles. The zero-order valence-electron chi connectivity index (χ0n) is 8.94. The van der Waals surface area contributed by atoms with E-state index < -0.39 is 30.0 Å². The fourth-order valence-electron chi connectivity index (χ4n) is 1.21. The van der Waals surface area contributed by atoms with Crippen molar-refractivity contribution >= 4 is 12.4 Å². The summed E-state index contributed by atoms with van der Waals surface area (Å²) in [6.07, 6.45) is -4.79. The molecule has 0 bridgehead atoms. The molecular formula is C9H7BF7O-.